The number of rotatable bonds is 6. The number of nitrogen functional groups attached to an aromatic ring is 1. The molecule has 2 aromatic carbocycles. The van der Waals surface area contributed by atoms with Crippen LogP contribution >= 0.6 is 0 Å². The molecule has 25 heavy (non-hydrogen) atoms. The van der Waals surface area contributed by atoms with Crippen LogP contribution in [0.2, 0.25) is 0 Å². The van der Waals surface area contributed by atoms with Crippen LogP contribution in [0.4, 0.5) is 5.69 Å². The molecule has 1 unspecified atom stereocenters. The summed E-state index contributed by atoms with van der Waals surface area (Å²) in [7, 11) is 0. The average molecular weight is 340 g/mol. The summed E-state index contributed by atoms with van der Waals surface area (Å²) in [4.78, 5) is 4.41. The van der Waals surface area contributed by atoms with E-state index < -0.39 is 5.60 Å². The molecule has 0 aliphatic carbocycles. The van der Waals surface area contributed by atoms with Gasteiger partial charge in [0.1, 0.15) is 18.0 Å². The van der Waals surface area contributed by atoms with E-state index in [4.69, 9.17) is 10.5 Å². The Hall–Kier alpha value is -2.73. The van der Waals surface area contributed by atoms with Gasteiger partial charge in [-0.2, -0.15) is 0 Å². The van der Waals surface area contributed by atoms with E-state index in [0.29, 0.717) is 44.3 Å². The molecule has 1 aliphatic rings. The third-order valence-corrected chi connectivity index (χ3v) is 4.04. The smallest absolute Gasteiger partial charge is 0.191 e. The van der Waals surface area contributed by atoms with Crippen molar-refractivity contribution in [3.63, 3.8) is 0 Å². The molecule has 0 fully saturated rings. The molecule has 0 amide bonds. The molecule has 0 saturated heterocycles. The van der Waals surface area contributed by atoms with Crippen molar-refractivity contribution in [2.75, 3.05) is 32.0 Å². The van der Waals surface area contributed by atoms with Gasteiger partial charge < -0.3 is 26.2 Å². The van der Waals surface area contributed by atoms with Crippen molar-refractivity contribution in [1.29, 1.82) is 0 Å². The Morgan fingerprint density at radius 2 is 1.92 bits per heavy atom. The third kappa shape index (κ3) is 5.12. The van der Waals surface area contributed by atoms with E-state index in [1.807, 2.05) is 54.6 Å². The predicted octanol–water partition coefficient (Wildman–Crippen LogP) is 1.17. The lowest BCUT2D eigenvalue weighted by atomic mass is 9.93. The molecule has 1 atom stereocenters. The number of hydrogen-bond donors (Lipinski definition) is 4. The second-order valence-electron chi connectivity index (χ2n) is 6.25. The molecule has 1 heterocycles. The summed E-state index contributed by atoms with van der Waals surface area (Å²) in [6.45, 7) is 1.97. The van der Waals surface area contributed by atoms with Crippen LogP contribution in [-0.2, 0) is 6.42 Å². The van der Waals surface area contributed by atoms with Crippen molar-refractivity contribution in [1.82, 2.24) is 10.6 Å². The first-order valence-corrected chi connectivity index (χ1v) is 8.40. The quantitative estimate of drug-likeness (QED) is 0.468. The Morgan fingerprint density at radius 3 is 2.60 bits per heavy atom. The number of nitrogens with one attached hydrogen (secondary N) is 2. The van der Waals surface area contributed by atoms with Crippen molar-refractivity contribution < 1.29 is 9.84 Å². The Kier molecular flexibility index (Phi) is 5.40. The zero-order valence-corrected chi connectivity index (χ0v) is 14.1. The number of β-amino-alcohol motifs (C(OH)–C–C–N with tert-alkyl or cyclic N) is 1. The molecule has 1 aliphatic heterocycles. The van der Waals surface area contributed by atoms with Crippen molar-refractivity contribution in [3.05, 3.63) is 60.2 Å². The molecule has 0 saturated carbocycles. The molecule has 6 heteroatoms. The normalized spacial score (nSPS) is 19.6. The minimum absolute atomic E-state index is 0.371. The summed E-state index contributed by atoms with van der Waals surface area (Å²) in [5, 5.41) is 17.0. The number of guanidine groups is 1. The highest BCUT2D eigenvalue weighted by Gasteiger charge is 2.30. The van der Waals surface area contributed by atoms with Crippen LogP contribution in [0, 0.1) is 0 Å². The maximum absolute atomic E-state index is 10.7. The third-order valence-electron chi connectivity index (χ3n) is 4.04. The SMILES string of the molecule is Nc1ccc(OCCNC2=NCC(O)(Cc3ccccc3)CN2)cc1. The van der Waals surface area contributed by atoms with Gasteiger partial charge in [-0.15, -0.1) is 0 Å². The lowest BCUT2D eigenvalue weighted by Crippen LogP contribution is -2.54. The van der Waals surface area contributed by atoms with Gasteiger partial charge in [-0.3, -0.25) is 4.99 Å². The van der Waals surface area contributed by atoms with E-state index in [1.165, 1.54) is 0 Å². The molecule has 0 radical (unpaired) electrons. The van der Waals surface area contributed by atoms with Crippen LogP contribution in [0.15, 0.2) is 59.6 Å². The van der Waals surface area contributed by atoms with Crippen molar-refractivity contribution in [3.8, 4) is 5.75 Å². The molecule has 5 N–H and O–H groups in total. The number of ether oxygens (including phenoxy) is 1. The van der Waals surface area contributed by atoms with Crippen LogP contribution in [0.25, 0.3) is 0 Å². The second-order valence-corrected chi connectivity index (χ2v) is 6.25. The lowest BCUT2D eigenvalue weighted by Gasteiger charge is -2.32. The van der Waals surface area contributed by atoms with Gasteiger partial charge in [-0.05, 0) is 29.8 Å². The summed E-state index contributed by atoms with van der Waals surface area (Å²) in [6.07, 6.45) is 0.581. The Balaban J connectivity index is 1.41. The van der Waals surface area contributed by atoms with E-state index in [2.05, 4.69) is 15.6 Å². The summed E-state index contributed by atoms with van der Waals surface area (Å²) in [5.41, 5.74) is 6.61. The first-order chi connectivity index (χ1) is 12.1. The molecule has 132 valence electrons. The fraction of sp³-hybridized carbons (Fsp3) is 0.316. The van der Waals surface area contributed by atoms with E-state index >= 15 is 0 Å². The van der Waals surface area contributed by atoms with Crippen LogP contribution in [0.5, 0.6) is 5.75 Å². The van der Waals surface area contributed by atoms with Gasteiger partial charge in [-0.25, -0.2) is 0 Å². The number of aliphatic imine (C=N–C) groups is 1. The van der Waals surface area contributed by atoms with Crippen LogP contribution in [0.3, 0.4) is 0 Å². The molecular formula is C19H24N4O2. The van der Waals surface area contributed by atoms with Crippen molar-refractivity contribution in [2.45, 2.75) is 12.0 Å². The minimum Gasteiger partial charge on any atom is -0.492 e. The highest BCUT2D eigenvalue weighted by molar-refractivity contribution is 5.80. The number of nitrogens with two attached hydrogens (primary N) is 1. The van der Waals surface area contributed by atoms with Gasteiger partial charge in [0.2, 0.25) is 0 Å². The van der Waals surface area contributed by atoms with Gasteiger partial charge in [-0.1, -0.05) is 30.3 Å². The monoisotopic (exact) mass is 340 g/mol. The largest absolute Gasteiger partial charge is 0.492 e. The van der Waals surface area contributed by atoms with Crippen molar-refractivity contribution >= 4 is 11.6 Å². The fourth-order valence-electron chi connectivity index (χ4n) is 2.70. The number of nitrogens with zero attached hydrogens (tertiary/aromatic N) is 1. The molecule has 0 aromatic heterocycles. The van der Waals surface area contributed by atoms with Crippen LogP contribution < -0.4 is 21.1 Å². The molecule has 0 spiro atoms. The number of aliphatic hydroxyl groups is 1. The summed E-state index contributed by atoms with van der Waals surface area (Å²) >= 11 is 0. The summed E-state index contributed by atoms with van der Waals surface area (Å²) in [5.74, 6) is 1.48. The van der Waals surface area contributed by atoms with Gasteiger partial charge in [0.05, 0.1) is 13.1 Å². The van der Waals surface area contributed by atoms with E-state index in [1.54, 1.807) is 0 Å². The second kappa shape index (κ2) is 7.90. The highest BCUT2D eigenvalue weighted by atomic mass is 16.5. The number of hydrogen-bond acceptors (Lipinski definition) is 6. The Labute approximate surface area is 147 Å². The lowest BCUT2D eigenvalue weighted by molar-refractivity contribution is 0.0497. The van der Waals surface area contributed by atoms with E-state index in [9.17, 15) is 5.11 Å². The summed E-state index contributed by atoms with van der Waals surface area (Å²) in [6, 6.07) is 17.3. The average Bonchev–Trinajstić information content (AvgIpc) is 2.62. The van der Waals surface area contributed by atoms with Gasteiger partial charge >= 0.3 is 0 Å². The van der Waals surface area contributed by atoms with Gasteiger partial charge in [0, 0.05) is 18.7 Å². The molecule has 2 aromatic rings. The van der Waals surface area contributed by atoms with Crippen molar-refractivity contribution in [2.24, 2.45) is 4.99 Å². The minimum atomic E-state index is -0.854. The number of anilines is 1. The zero-order chi connectivity index (χ0) is 17.5. The number of benzene rings is 2. The van der Waals surface area contributed by atoms with Gasteiger partial charge in [0.15, 0.2) is 5.96 Å². The predicted molar refractivity (Wildman–Crippen MR) is 99.8 cm³/mol. The molecule has 6 nitrogen and oxygen atoms in total. The molecule has 3 rings (SSSR count). The van der Waals surface area contributed by atoms with E-state index in [-0.39, 0.29) is 0 Å². The summed E-state index contributed by atoms with van der Waals surface area (Å²) < 4.78 is 5.62. The maximum Gasteiger partial charge on any atom is 0.191 e. The maximum atomic E-state index is 10.7. The van der Waals surface area contributed by atoms with Crippen LogP contribution in [-0.4, -0.2) is 42.9 Å². The standard InChI is InChI=1S/C19H24N4O2/c20-16-6-8-17(9-7-16)25-11-10-21-18-22-13-19(24,14-23-18)12-15-4-2-1-3-5-15/h1-9,24H,10-14,20H2,(H2,21,22,23). The van der Waals surface area contributed by atoms with Gasteiger partial charge in [0.25, 0.3) is 0 Å². The first kappa shape index (κ1) is 17.1. The Bertz CT molecular complexity index is 703. The molecule has 0 bridgehead atoms. The topological polar surface area (TPSA) is 91.9 Å². The molecular weight excluding hydrogens is 316 g/mol. The fourth-order valence-corrected chi connectivity index (χ4v) is 2.70. The zero-order valence-electron chi connectivity index (χ0n) is 14.1. The van der Waals surface area contributed by atoms with E-state index in [0.717, 1.165) is 11.3 Å². The van der Waals surface area contributed by atoms with Crippen LogP contribution in [0.1, 0.15) is 5.56 Å². The highest BCUT2D eigenvalue weighted by Crippen LogP contribution is 2.16. The first-order valence-electron chi connectivity index (χ1n) is 8.40. The Morgan fingerprint density at radius 1 is 1.16 bits per heavy atom.